The highest BCUT2D eigenvalue weighted by atomic mass is 16.5. The lowest BCUT2D eigenvalue weighted by Crippen LogP contribution is -2.41. The summed E-state index contributed by atoms with van der Waals surface area (Å²) in [4.78, 5) is 24.9. The number of para-hydroxylation sites is 1. The zero-order valence-corrected chi connectivity index (χ0v) is 12.9. The van der Waals surface area contributed by atoms with E-state index in [0.29, 0.717) is 19.4 Å². The first kappa shape index (κ1) is 17.0. The largest absolute Gasteiger partial charge is 0.494 e. The van der Waals surface area contributed by atoms with Crippen molar-refractivity contribution >= 4 is 11.9 Å². The van der Waals surface area contributed by atoms with E-state index in [9.17, 15) is 9.59 Å². The molecule has 116 valence electrons. The lowest BCUT2D eigenvalue weighted by atomic mass is 10.2. The van der Waals surface area contributed by atoms with Crippen LogP contribution in [0.1, 0.15) is 26.7 Å². The summed E-state index contributed by atoms with van der Waals surface area (Å²) in [6.07, 6.45) is 0.958. The first-order valence-corrected chi connectivity index (χ1v) is 7.08. The van der Waals surface area contributed by atoms with Crippen LogP contribution in [0.15, 0.2) is 30.3 Å². The highest BCUT2D eigenvalue weighted by molar-refractivity contribution is 5.82. The molecule has 0 fully saturated rings. The van der Waals surface area contributed by atoms with Crippen molar-refractivity contribution in [1.29, 1.82) is 0 Å². The van der Waals surface area contributed by atoms with Gasteiger partial charge in [-0.2, -0.15) is 0 Å². The van der Waals surface area contributed by atoms with Crippen molar-refractivity contribution in [1.82, 2.24) is 4.90 Å². The smallest absolute Gasteiger partial charge is 0.325 e. The number of carbonyl (C=O) groups is 2. The third kappa shape index (κ3) is 6.29. The van der Waals surface area contributed by atoms with E-state index in [1.807, 2.05) is 44.2 Å². The summed E-state index contributed by atoms with van der Waals surface area (Å²) in [6, 6.07) is 9.43. The van der Waals surface area contributed by atoms with Crippen LogP contribution < -0.4 is 4.74 Å². The number of hydrogen-bond donors (Lipinski definition) is 0. The monoisotopic (exact) mass is 293 g/mol. The molecule has 0 saturated carbocycles. The van der Waals surface area contributed by atoms with E-state index >= 15 is 0 Å². The van der Waals surface area contributed by atoms with Gasteiger partial charge in [-0.25, -0.2) is 0 Å². The summed E-state index contributed by atoms with van der Waals surface area (Å²) in [7, 11) is 1.32. The van der Waals surface area contributed by atoms with Gasteiger partial charge in [0.1, 0.15) is 12.3 Å². The Bertz CT molecular complexity index is 445. The predicted molar refractivity (Wildman–Crippen MR) is 80.0 cm³/mol. The standard InChI is InChI=1S/C16H23NO4/c1-13(2)17(12-16(19)20-3)15(18)10-7-11-21-14-8-5-4-6-9-14/h4-6,8-9,13H,7,10-12H2,1-3H3. The minimum absolute atomic E-state index is 0.00740. The second kappa shape index (κ2) is 9.00. The molecule has 5 nitrogen and oxygen atoms in total. The van der Waals surface area contributed by atoms with Gasteiger partial charge >= 0.3 is 5.97 Å². The van der Waals surface area contributed by atoms with Crippen molar-refractivity contribution in [2.45, 2.75) is 32.7 Å². The van der Waals surface area contributed by atoms with Gasteiger partial charge in [0.25, 0.3) is 0 Å². The van der Waals surface area contributed by atoms with Crippen molar-refractivity contribution in [3.8, 4) is 5.75 Å². The van der Waals surface area contributed by atoms with Crippen molar-refractivity contribution < 1.29 is 19.1 Å². The Morgan fingerprint density at radius 3 is 2.43 bits per heavy atom. The molecule has 1 amide bonds. The van der Waals surface area contributed by atoms with Gasteiger partial charge in [0.15, 0.2) is 0 Å². The average molecular weight is 293 g/mol. The Balaban J connectivity index is 2.35. The molecular weight excluding hydrogens is 270 g/mol. The van der Waals surface area contributed by atoms with E-state index in [4.69, 9.17) is 4.74 Å². The second-order valence-electron chi connectivity index (χ2n) is 4.96. The van der Waals surface area contributed by atoms with E-state index in [1.165, 1.54) is 12.0 Å². The average Bonchev–Trinajstić information content (AvgIpc) is 2.49. The summed E-state index contributed by atoms with van der Waals surface area (Å²) in [5.74, 6) is 0.324. The molecule has 0 aliphatic rings. The fraction of sp³-hybridized carbons (Fsp3) is 0.500. The van der Waals surface area contributed by atoms with Crippen LogP contribution in [0.4, 0.5) is 0 Å². The van der Waals surface area contributed by atoms with Crippen LogP contribution in [0, 0.1) is 0 Å². The van der Waals surface area contributed by atoms with Gasteiger partial charge in [0.05, 0.1) is 13.7 Å². The van der Waals surface area contributed by atoms with Gasteiger partial charge in [-0.15, -0.1) is 0 Å². The minimum Gasteiger partial charge on any atom is -0.494 e. The quantitative estimate of drug-likeness (QED) is 0.545. The van der Waals surface area contributed by atoms with Gasteiger partial charge in [-0.3, -0.25) is 9.59 Å². The molecule has 0 atom stereocenters. The molecule has 0 spiro atoms. The maximum Gasteiger partial charge on any atom is 0.325 e. The topological polar surface area (TPSA) is 55.8 Å². The van der Waals surface area contributed by atoms with Gasteiger partial charge in [0.2, 0.25) is 5.91 Å². The maximum absolute atomic E-state index is 12.1. The number of carbonyl (C=O) groups excluding carboxylic acids is 2. The van der Waals surface area contributed by atoms with Gasteiger partial charge in [0, 0.05) is 12.5 Å². The summed E-state index contributed by atoms with van der Waals surface area (Å²) < 4.78 is 10.1. The lowest BCUT2D eigenvalue weighted by molar-refractivity contribution is -0.148. The van der Waals surface area contributed by atoms with Crippen molar-refractivity contribution in [3.05, 3.63) is 30.3 Å². The molecule has 1 rings (SSSR count). The number of esters is 1. The van der Waals surface area contributed by atoms with Gasteiger partial charge < -0.3 is 14.4 Å². The van der Waals surface area contributed by atoms with E-state index in [-0.39, 0.29) is 18.5 Å². The molecule has 0 saturated heterocycles. The summed E-state index contributed by atoms with van der Waals surface area (Å²) in [5.41, 5.74) is 0. The Kier molecular flexibility index (Phi) is 7.29. The third-order valence-corrected chi connectivity index (χ3v) is 3.02. The van der Waals surface area contributed by atoms with Crippen LogP contribution in [-0.2, 0) is 14.3 Å². The lowest BCUT2D eigenvalue weighted by Gasteiger charge is -2.25. The molecule has 0 aromatic heterocycles. The number of hydrogen-bond acceptors (Lipinski definition) is 4. The third-order valence-electron chi connectivity index (χ3n) is 3.02. The molecule has 1 aromatic rings. The van der Waals surface area contributed by atoms with Crippen LogP contribution in [0.3, 0.4) is 0 Å². The van der Waals surface area contributed by atoms with Crippen LogP contribution >= 0.6 is 0 Å². The van der Waals surface area contributed by atoms with E-state index in [2.05, 4.69) is 4.74 Å². The molecule has 0 unspecified atom stereocenters. The number of ether oxygens (including phenoxy) is 2. The molecule has 0 heterocycles. The van der Waals surface area contributed by atoms with E-state index in [0.717, 1.165) is 5.75 Å². The minimum atomic E-state index is -0.405. The fourth-order valence-corrected chi connectivity index (χ4v) is 1.84. The van der Waals surface area contributed by atoms with E-state index < -0.39 is 5.97 Å². The molecule has 0 N–H and O–H groups in total. The summed E-state index contributed by atoms with van der Waals surface area (Å²) >= 11 is 0. The molecule has 0 bridgehead atoms. The van der Waals surface area contributed by atoms with Crippen molar-refractivity contribution in [2.24, 2.45) is 0 Å². The Labute approximate surface area is 125 Å². The zero-order valence-electron chi connectivity index (χ0n) is 12.9. The first-order chi connectivity index (χ1) is 10.0. The molecule has 0 aliphatic heterocycles. The van der Waals surface area contributed by atoms with Gasteiger partial charge in [-0.1, -0.05) is 18.2 Å². The fourth-order valence-electron chi connectivity index (χ4n) is 1.84. The molecule has 0 radical (unpaired) electrons. The SMILES string of the molecule is COC(=O)CN(C(=O)CCCOc1ccccc1)C(C)C. The second-order valence-corrected chi connectivity index (χ2v) is 4.96. The van der Waals surface area contributed by atoms with Crippen LogP contribution in [0.2, 0.25) is 0 Å². The van der Waals surface area contributed by atoms with E-state index in [1.54, 1.807) is 0 Å². The first-order valence-electron chi connectivity index (χ1n) is 7.08. The molecule has 0 aliphatic carbocycles. The summed E-state index contributed by atoms with van der Waals surface area (Å²) in [6.45, 7) is 4.22. The molecular formula is C16H23NO4. The highest BCUT2D eigenvalue weighted by Crippen LogP contribution is 2.10. The number of methoxy groups -OCH3 is 1. The van der Waals surface area contributed by atoms with Crippen LogP contribution in [0.25, 0.3) is 0 Å². The number of rotatable bonds is 8. The number of benzene rings is 1. The predicted octanol–water partition coefficient (Wildman–Crippen LogP) is 2.26. The number of amides is 1. The maximum atomic E-state index is 12.1. The summed E-state index contributed by atoms with van der Waals surface area (Å²) in [5, 5.41) is 0. The molecule has 5 heteroatoms. The van der Waals surface area contributed by atoms with Crippen molar-refractivity contribution in [2.75, 3.05) is 20.3 Å². The highest BCUT2D eigenvalue weighted by Gasteiger charge is 2.19. The van der Waals surface area contributed by atoms with Crippen molar-refractivity contribution in [3.63, 3.8) is 0 Å². The Morgan fingerprint density at radius 1 is 1.19 bits per heavy atom. The van der Waals surface area contributed by atoms with Gasteiger partial charge in [-0.05, 0) is 32.4 Å². The Morgan fingerprint density at radius 2 is 1.86 bits per heavy atom. The molecule has 1 aromatic carbocycles. The Hall–Kier alpha value is -2.04. The molecule has 21 heavy (non-hydrogen) atoms. The zero-order chi connectivity index (χ0) is 15.7. The van der Waals surface area contributed by atoms with Crippen LogP contribution in [-0.4, -0.2) is 43.1 Å². The number of nitrogens with zero attached hydrogens (tertiary/aromatic N) is 1. The normalized spacial score (nSPS) is 10.3. The van der Waals surface area contributed by atoms with Crippen LogP contribution in [0.5, 0.6) is 5.75 Å².